The highest BCUT2D eigenvalue weighted by atomic mass is 16.4. The predicted octanol–water partition coefficient (Wildman–Crippen LogP) is 3.17. The number of aromatic nitrogens is 2. The molecular formula is C12H14N2O. The third-order valence-corrected chi connectivity index (χ3v) is 2.23. The highest BCUT2D eigenvalue weighted by molar-refractivity contribution is 5.52. The molecule has 15 heavy (non-hydrogen) atoms. The number of hydrogen-bond donors (Lipinski definition) is 0. The molecular weight excluding hydrogens is 188 g/mol. The summed E-state index contributed by atoms with van der Waals surface area (Å²) in [7, 11) is 0. The van der Waals surface area contributed by atoms with E-state index in [0.29, 0.717) is 11.8 Å². The van der Waals surface area contributed by atoms with Crippen molar-refractivity contribution < 1.29 is 4.42 Å². The average Bonchev–Trinajstić information content (AvgIpc) is 2.68. The second-order valence-corrected chi connectivity index (χ2v) is 3.97. The molecule has 0 spiro atoms. The molecule has 0 unspecified atom stereocenters. The van der Waals surface area contributed by atoms with Crippen molar-refractivity contribution in [2.24, 2.45) is 0 Å². The first-order chi connectivity index (χ1) is 7.16. The number of nitrogens with zero attached hydrogens (tertiary/aromatic N) is 2. The zero-order chi connectivity index (χ0) is 10.8. The number of aryl methyl sites for hydroxylation is 1. The van der Waals surface area contributed by atoms with Gasteiger partial charge in [-0.1, -0.05) is 31.5 Å². The van der Waals surface area contributed by atoms with E-state index in [-0.39, 0.29) is 5.92 Å². The molecule has 0 aliphatic heterocycles. The summed E-state index contributed by atoms with van der Waals surface area (Å²) in [4.78, 5) is 0. The Morgan fingerprint density at radius 2 is 1.73 bits per heavy atom. The standard InChI is InChI=1S/C12H14N2O/c1-8(2)11-13-14-12(15-11)10-6-4-9(3)5-7-10/h4-8H,1-3H3. The fraction of sp³-hybridized carbons (Fsp3) is 0.333. The van der Waals surface area contributed by atoms with Crippen molar-refractivity contribution in [3.63, 3.8) is 0 Å². The molecule has 1 aromatic carbocycles. The van der Waals surface area contributed by atoms with Gasteiger partial charge in [0.1, 0.15) is 0 Å². The Hall–Kier alpha value is -1.64. The highest BCUT2D eigenvalue weighted by Crippen LogP contribution is 2.21. The molecule has 2 aromatic rings. The smallest absolute Gasteiger partial charge is 0.247 e. The molecule has 0 fully saturated rings. The summed E-state index contributed by atoms with van der Waals surface area (Å²) in [6.45, 7) is 6.12. The van der Waals surface area contributed by atoms with Gasteiger partial charge in [-0.15, -0.1) is 10.2 Å². The Bertz CT molecular complexity index is 443. The van der Waals surface area contributed by atoms with Crippen LogP contribution in [-0.2, 0) is 0 Å². The van der Waals surface area contributed by atoms with Crippen LogP contribution in [0.2, 0.25) is 0 Å². The molecule has 0 saturated carbocycles. The minimum absolute atomic E-state index is 0.275. The van der Waals surface area contributed by atoms with E-state index in [9.17, 15) is 0 Å². The van der Waals surface area contributed by atoms with Gasteiger partial charge >= 0.3 is 0 Å². The largest absolute Gasteiger partial charge is 0.420 e. The molecule has 0 radical (unpaired) electrons. The third kappa shape index (κ3) is 2.06. The van der Waals surface area contributed by atoms with Gasteiger partial charge in [0.05, 0.1) is 0 Å². The van der Waals surface area contributed by atoms with Gasteiger partial charge < -0.3 is 4.42 Å². The topological polar surface area (TPSA) is 38.9 Å². The molecule has 0 aliphatic rings. The van der Waals surface area contributed by atoms with Crippen molar-refractivity contribution >= 4 is 0 Å². The lowest BCUT2D eigenvalue weighted by molar-refractivity contribution is 0.481. The first-order valence-corrected chi connectivity index (χ1v) is 5.07. The fourth-order valence-electron chi connectivity index (χ4n) is 1.28. The number of hydrogen-bond acceptors (Lipinski definition) is 3. The van der Waals surface area contributed by atoms with Crippen molar-refractivity contribution in [2.75, 3.05) is 0 Å². The van der Waals surface area contributed by atoms with Crippen molar-refractivity contribution in [1.29, 1.82) is 0 Å². The van der Waals surface area contributed by atoms with Gasteiger partial charge in [0.15, 0.2) is 0 Å². The Morgan fingerprint density at radius 1 is 1.07 bits per heavy atom. The van der Waals surface area contributed by atoms with Crippen LogP contribution < -0.4 is 0 Å². The summed E-state index contributed by atoms with van der Waals surface area (Å²) in [5.41, 5.74) is 2.20. The molecule has 3 nitrogen and oxygen atoms in total. The normalized spacial score (nSPS) is 10.9. The molecule has 0 N–H and O–H groups in total. The summed E-state index contributed by atoms with van der Waals surface area (Å²) in [6, 6.07) is 8.06. The Kier molecular flexibility index (Phi) is 2.54. The van der Waals surface area contributed by atoms with Crippen LogP contribution in [0.4, 0.5) is 0 Å². The van der Waals surface area contributed by atoms with Gasteiger partial charge in [-0.2, -0.15) is 0 Å². The van der Waals surface area contributed by atoms with Gasteiger partial charge in [0.2, 0.25) is 11.8 Å². The molecule has 1 aromatic heterocycles. The zero-order valence-corrected chi connectivity index (χ0v) is 9.19. The summed E-state index contributed by atoms with van der Waals surface area (Å²) in [6.07, 6.45) is 0. The Labute approximate surface area is 89.2 Å². The van der Waals surface area contributed by atoms with E-state index < -0.39 is 0 Å². The van der Waals surface area contributed by atoms with Crippen LogP contribution in [0.15, 0.2) is 28.7 Å². The summed E-state index contributed by atoms with van der Waals surface area (Å²) in [5, 5.41) is 8.02. The molecule has 0 saturated heterocycles. The summed E-state index contributed by atoms with van der Waals surface area (Å²) < 4.78 is 5.55. The lowest BCUT2D eigenvalue weighted by atomic mass is 10.1. The van der Waals surface area contributed by atoms with Gasteiger partial charge in [0, 0.05) is 11.5 Å². The highest BCUT2D eigenvalue weighted by Gasteiger charge is 2.10. The van der Waals surface area contributed by atoms with Crippen LogP contribution in [0, 0.1) is 6.92 Å². The van der Waals surface area contributed by atoms with Crippen molar-refractivity contribution in [1.82, 2.24) is 10.2 Å². The van der Waals surface area contributed by atoms with E-state index in [2.05, 4.69) is 17.1 Å². The minimum atomic E-state index is 0.275. The van der Waals surface area contributed by atoms with Crippen LogP contribution in [0.25, 0.3) is 11.5 Å². The van der Waals surface area contributed by atoms with Gasteiger partial charge in [-0.3, -0.25) is 0 Å². The molecule has 1 heterocycles. The maximum Gasteiger partial charge on any atom is 0.247 e. The first kappa shape index (κ1) is 9.90. The number of rotatable bonds is 2. The quantitative estimate of drug-likeness (QED) is 0.750. The molecule has 0 amide bonds. The average molecular weight is 202 g/mol. The third-order valence-electron chi connectivity index (χ3n) is 2.23. The molecule has 2 rings (SSSR count). The first-order valence-electron chi connectivity index (χ1n) is 5.07. The van der Waals surface area contributed by atoms with E-state index in [1.807, 2.05) is 38.1 Å². The van der Waals surface area contributed by atoms with Crippen molar-refractivity contribution in [3.8, 4) is 11.5 Å². The number of benzene rings is 1. The monoisotopic (exact) mass is 202 g/mol. The van der Waals surface area contributed by atoms with Crippen LogP contribution in [0.5, 0.6) is 0 Å². The summed E-state index contributed by atoms with van der Waals surface area (Å²) in [5.74, 6) is 1.56. The lowest BCUT2D eigenvalue weighted by Gasteiger charge is -1.96. The molecule has 78 valence electrons. The molecule has 0 atom stereocenters. The van der Waals surface area contributed by atoms with E-state index in [1.165, 1.54) is 5.56 Å². The molecule has 0 aliphatic carbocycles. The van der Waals surface area contributed by atoms with E-state index >= 15 is 0 Å². The van der Waals surface area contributed by atoms with Crippen LogP contribution in [0.1, 0.15) is 31.2 Å². The van der Waals surface area contributed by atoms with Gasteiger partial charge in [-0.25, -0.2) is 0 Å². The van der Waals surface area contributed by atoms with E-state index in [4.69, 9.17) is 4.42 Å². The van der Waals surface area contributed by atoms with E-state index in [0.717, 1.165) is 5.56 Å². The Balaban J connectivity index is 2.33. The predicted molar refractivity (Wildman–Crippen MR) is 58.6 cm³/mol. The second-order valence-electron chi connectivity index (χ2n) is 3.97. The second kappa shape index (κ2) is 3.85. The van der Waals surface area contributed by atoms with Crippen LogP contribution in [0.3, 0.4) is 0 Å². The van der Waals surface area contributed by atoms with Gasteiger partial charge in [-0.05, 0) is 19.1 Å². The van der Waals surface area contributed by atoms with Crippen molar-refractivity contribution in [3.05, 3.63) is 35.7 Å². The maximum atomic E-state index is 5.55. The lowest BCUT2D eigenvalue weighted by Crippen LogP contribution is -1.85. The molecule has 3 heteroatoms. The van der Waals surface area contributed by atoms with Crippen molar-refractivity contribution in [2.45, 2.75) is 26.7 Å². The maximum absolute atomic E-state index is 5.55. The minimum Gasteiger partial charge on any atom is -0.420 e. The fourth-order valence-corrected chi connectivity index (χ4v) is 1.28. The van der Waals surface area contributed by atoms with Crippen LogP contribution >= 0.6 is 0 Å². The zero-order valence-electron chi connectivity index (χ0n) is 9.19. The SMILES string of the molecule is Cc1ccc(-c2nnc(C(C)C)o2)cc1. The van der Waals surface area contributed by atoms with Crippen LogP contribution in [-0.4, -0.2) is 10.2 Å². The molecule has 0 bridgehead atoms. The van der Waals surface area contributed by atoms with E-state index in [1.54, 1.807) is 0 Å². The van der Waals surface area contributed by atoms with Gasteiger partial charge in [0.25, 0.3) is 0 Å². The Morgan fingerprint density at radius 3 is 2.27 bits per heavy atom. The summed E-state index contributed by atoms with van der Waals surface area (Å²) >= 11 is 0.